The molecule has 0 bridgehead atoms. The van der Waals surface area contributed by atoms with Gasteiger partial charge >= 0.3 is 12.0 Å². The van der Waals surface area contributed by atoms with E-state index >= 15 is 0 Å². The number of ether oxygens (including phenoxy) is 1. The zero-order valence-corrected chi connectivity index (χ0v) is 11.6. The Labute approximate surface area is 117 Å². The summed E-state index contributed by atoms with van der Waals surface area (Å²) in [6.45, 7) is 2.89. The fourth-order valence-electron chi connectivity index (χ4n) is 1.89. The topological polar surface area (TPSA) is 108 Å². The lowest BCUT2D eigenvalue weighted by Gasteiger charge is -2.24. The Morgan fingerprint density at radius 1 is 1.30 bits per heavy atom. The third-order valence-corrected chi connectivity index (χ3v) is 2.95. The Morgan fingerprint density at radius 2 is 2.05 bits per heavy atom. The van der Waals surface area contributed by atoms with Gasteiger partial charge in [-0.15, -0.1) is 0 Å². The number of rotatable bonds is 7. The summed E-state index contributed by atoms with van der Waals surface area (Å²) in [4.78, 5) is 35.0. The lowest BCUT2D eigenvalue weighted by Crippen LogP contribution is -2.47. The molecule has 0 aromatic carbocycles. The number of likely N-dealkylation sites (N-methyl/N-ethyl adjacent to an activating group) is 1. The number of nitrogens with one attached hydrogen (secondary N) is 2. The molecule has 1 aliphatic rings. The number of carbonyl (C=O) groups excluding carboxylic acids is 2. The van der Waals surface area contributed by atoms with Crippen molar-refractivity contribution in [3.05, 3.63) is 0 Å². The van der Waals surface area contributed by atoms with Crippen LogP contribution in [0, 0.1) is 0 Å². The van der Waals surface area contributed by atoms with E-state index in [2.05, 4.69) is 10.6 Å². The monoisotopic (exact) mass is 287 g/mol. The van der Waals surface area contributed by atoms with Gasteiger partial charge in [-0.3, -0.25) is 9.59 Å². The average Bonchev–Trinajstić information content (AvgIpc) is 2.92. The fraction of sp³-hybridized carbons (Fsp3) is 0.750. The molecule has 1 rings (SSSR count). The molecule has 0 radical (unpaired) electrons. The second-order valence-electron chi connectivity index (χ2n) is 4.50. The molecule has 20 heavy (non-hydrogen) atoms. The lowest BCUT2D eigenvalue weighted by molar-refractivity contribution is -0.137. The minimum Gasteiger partial charge on any atom is -0.480 e. The molecular formula is C12H21N3O5. The molecule has 114 valence electrons. The quantitative estimate of drug-likeness (QED) is 0.579. The van der Waals surface area contributed by atoms with Crippen LogP contribution in [0.2, 0.25) is 0 Å². The van der Waals surface area contributed by atoms with Crippen LogP contribution >= 0.6 is 0 Å². The van der Waals surface area contributed by atoms with E-state index in [0.717, 1.165) is 19.4 Å². The summed E-state index contributed by atoms with van der Waals surface area (Å²) in [5.41, 5.74) is 0. The highest BCUT2D eigenvalue weighted by atomic mass is 16.5. The van der Waals surface area contributed by atoms with Gasteiger partial charge in [-0.2, -0.15) is 0 Å². The predicted octanol–water partition coefficient (Wildman–Crippen LogP) is -0.602. The molecule has 1 unspecified atom stereocenters. The highest BCUT2D eigenvalue weighted by Crippen LogP contribution is 2.13. The van der Waals surface area contributed by atoms with Gasteiger partial charge < -0.3 is 25.4 Å². The summed E-state index contributed by atoms with van der Waals surface area (Å²) < 4.78 is 5.46. The number of urea groups is 1. The molecule has 8 nitrogen and oxygen atoms in total. The summed E-state index contributed by atoms with van der Waals surface area (Å²) in [6, 6.07) is -0.353. The molecule has 3 N–H and O–H groups in total. The number of hydrogen-bond acceptors (Lipinski definition) is 4. The largest absolute Gasteiger partial charge is 0.480 e. The van der Waals surface area contributed by atoms with Gasteiger partial charge in [-0.05, 0) is 19.8 Å². The summed E-state index contributed by atoms with van der Waals surface area (Å²) in [6.07, 6.45) is 1.99. The van der Waals surface area contributed by atoms with Crippen LogP contribution in [0.1, 0.15) is 19.8 Å². The second-order valence-corrected chi connectivity index (χ2v) is 4.50. The number of carboxylic acids is 1. The molecule has 0 aromatic heterocycles. The van der Waals surface area contributed by atoms with Gasteiger partial charge in [0.15, 0.2) is 0 Å². The van der Waals surface area contributed by atoms with Gasteiger partial charge in [-0.25, -0.2) is 4.79 Å². The Kier molecular flexibility index (Phi) is 6.78. The molecule has 8 heteroatoms. The van der Waals surface area contributed by atoms with Crippen LogP contribution in [0.15, 0.2) is 0 Å². The average molecular weight is 287 g/mol. The number of aliphatic carboxylic acids is 1. The van der Waals surface area contributed by atoms with E-state index in [4.69, 9.17) is 9.84 Å². The zero-order valence-electron chi connectivity index (χ0n) is 11.6. The van der Waals surface area contributed by atoms with Crippen molar-refractivity contribution in [1.29, 1.82) is 0 Å². The molecular weight excluding hydrogens is 266 g/mol. The molecule has 1 aliphatic heterocycles. The maximum atomic E-state index is 11.9. The Morgan fingerprint density at radius 3 is 2.60 bits per heavy atom. The van der Waals surface area contributed by atoms with Crippen molar-refractivity contribution >= 4 is 17.9 Å². The van der Waals surface area contributed by atoms with Crippen molar-refractivity contribution in [2.24, 2.45) is 0 Å². The first-order valence-electron chi connectivity index (χ1n) is 6.65. The van der Waals surface area contributed by atoms with Crippen molar-refractivity contribution in [3.63, 3.8) is 0 Å². The van der Waals surface area contributed by atoms with Gasteiger partial charge in [0.2, 0.25) is 5.91 Å². The van der Waals surface area contributed by atoms with Crippen LogP contribution in [-0.4, -0.2) is 66.8 Å². The molecule has 1 fully saturated rings. The van der Waals surface area contributed by atoms with Crippen molar-refractivity contribution < 1.29 is 24.2 Å². The van der Waals surface area contributed by atoms with E-state index < -0.39 is 18.4 Å². The Balaban J connectivity index is 2.27. The number of nitrogens with zero attached hydrogens (tertiary/aromatic N) is 1. The van der Waals surface area contributed by atoms with Gasteiger partial charge in [0.05, 0.1) is 12.6 Å². The van der Waals surface area contributed by atoms with Crippen LogP contribution in [0.25, 0.3) is 0 Å². The van der Waals surface area contributed by atoms with Crippen LogP contribution in [-0.2, 0) is 14.3 Å². The molecule has 1 saturated heterocycles. The third-order valence-electron chi connectivity index (χ3n) is 2.95. The van der Waals surface area contributed by atoms with Crippen molar-refractivity contribution in [2.45, 2.75) is 25.9 Å². The standard InChI is InChI=1S/C12H21N3O5/c1-2-15(8-9-4-3-5-20-9)12(19)14-6-10(16)13-7-11(17)18/h9H,2-8H2,1H3,(H,13,16)(H,14,19)(H,17,18). The summed E-state index contributed by atoms with van der Waals surface area (Å²) in [7, 11) is 0. The second kappa shape index (κ2) is 8.36. The molecule has 0 aliphatic carbocycles. The maximum Gasteiger partial charge on any atom is 0.322 e. The van der Waals surface area contributed by atoms with E-state index in [1.807, 2.05) is 6.92 Å². The molecule has 1 atom stereocenters. The van der Waals surface area contributed by atoms with E-state index in [9.17, 15) is 14.4 Å². The van der Waals surface area contributed by atoms with Crippen LogP contribution in [0.4, 0.5) is 4.79 Å². The summed E-state index contributed by atoms with van der Waals surface area (Å²) in [5, 5.41) is 13.0. The minimum absolute atomic E-state index is 0.0570. The third kappa shape index (κ3) is 5.87. The molecule has 3 amide bonds. The fourth-order valence-corrected chi connectivity index (χ4v) is 1.89. The van der Waals surface area contributed by atoms with Crippen molar-refractivity contribution in [2.75, 3.05) is 32.8 Å². The van der Waals surface area contributed by atoms with Gasteiger partial charge in [0.25, 0.3) is 0 Å². The van der Waals surface area contributed by atoms with Crippen molar-refractivity contribution in [1.82, 2.24) is 15.5 Å². The zero-order chi connectivity index (χ0) is 15.0. The van der Waals surface area contributed by atoms with E-state index in [1.165, 1.54) is 0 Å². The predicted molar refractivity (Wildman–Crippen MR) is 70.3 cm³/mol. The lowest BCUT2D eigenvalue weighted by atomic mass is 10.2. The number of carbonyl (C=O) groups is 3. The summed E-state index contributed by atoms with van der Waals surface area (Å²) >= 11 is 0. The van der Waals surface area contributed by atoms with E-state index in [-0.39, 0.29) is 18.7 Å². The Hall–Kier alpha value is -1.83. The first-order valence-corrected chi connectivity index (χ1v) is 6.65. The number of amides is 3. The van der Waals surface area contributed by atoms with E-state index in [0.29, 0.717) is 13.1 Å². The van der Waals surface area contributed by atoms with Crippen LogP contribution < -0.4 is 10.6 Å². The molecule has 0 aromatic rings. The highest BCUT2D eigenvalue weighted by molar-refractivity contribution is 5.86. The van der Waals surface area contributed by atoms with Crippen molar-refractivity contribution in [3.8, 4) is 0 Å². The smallest absolute Gasteiger partial charge is 0.322 e. The highest BCUT2D eigenvalue weighted by Gasteiger charge is 2.21. The van der Waals surface area contributed by atoms with Crippen LogP contribution in [0.3, 0.4) is 0 Å². The summed E-state index contributed by atoms with van der Waals surface area (Å²) in [5.74, 6) is -1.66. The maximum absolute atomic E-state index is 11.9. The Bertz CT molecular complexity index is 355. The molecule has 0 spiro atoms. The normalized spacial score (nSPS) is 17.6. The first kappa shape index (κ1) is 16.2. The van der Waals surface area contributed by atoms with Gasteiger partial charge in [-0.1, -0.05) is 0 Å². The molecule has 0 saturated carbocycles. The number of hydrogen-bond donors (Lipinski definition) is 3. The minimum atomic E-state index is -1.13. The van der Waals surface area contributed by atoms with Crippen LogP contribution in [0.5, 0.6) is 0 Å². The first-order chi connectivity index (χ1) is 9.52. The van der Waals surface area contributed by atoms with Gasteiger partial charge in [0, 0.05) is 19.7 Å². The molecule has 1 heterocycles. The van der Waals surface area contributed by atoms with Gasteiger partial charge in [0.1, 0.15) is 6.54 Å². The van der Waals surface area contributed by atoms with E-state index in [1.54, 1.807) is 4.90 Å². The number of carboxylic acid groups (broad SMARTS) is 1. The SMILES string of the molecule is CCN(CC1CCCO1)C(=O)NCC(=O)NCC(=O)O.